The second-order valence-electron chi connectivity index (χ2n) is 8.17. The highest BCUT2D eigenvalue weighted by molar-refractivity contribution is 5.54. The molecule has 0 saturated carbocycles. The summed E-state index contributed by atoms with van der Waals surface area (Å²) in [6.07, 6.45) is 1.83. The van der Waals surface area contributed by atoms with E-state index in [1.165, 1.54) is 16.7 Å². The van der Waals surface area contributed by atoms with Crippen LogP contribution < -0.4 is 14.2 Å². The molecule has 31 heavy (non-hydrogen) atoms. The van der Waals surface area contributed by atoms with Crippen molar-refractivity contribution in [1.82, 2.24) is 4.90 Å². The predicted molar refractivity (Wildman–Crippen MR) is 119 cm³/mol. The second-order valence-corrected chi connectivity index (χ2v) is 8.17. The van der Waals surface area contributed by atoms with Gasteiger partial charge in [-0.15, -0.1) is 0 Å². The Labute approximate surface area is 182 Å². The summed E-state index contributed by atoms with van der Waals surface area (Å²) in [4.78, 5) is 2.47. The van der Waals surface area contributed by atoms with Gasteiger partial charge in [0.2, 0.25) is 0 Å². The van der Waals surface area contributed by atoms with Crippen LogP contribution in [0.15, 0.2) is 54.6 Å². The zero-order chi connectivity index (χ0) is 21.4. The van der Waals surface area contributed by atoms with Gasteiger partial charge in [-0.05, 0) is 53.3 Å². The summed E-state index contributed by atoms with van der Waals surface area (Å²) in [5.41, 5.74) is 6.07. The SMILES string of the molecule is COc1cc2c(cc1OCc1ccccc1)[C@@H]1Cc3ccc(O)c(OC)c3CN1CC2. The van der Waals surface area contributed by atoms with Gasteiger partial charge in [0.15, 0.2) is 23.0 Å². The molecule has 5 nitrogen and oxygen atoms in total. The highest BCUT2D eigenvalue weighted by Crippen LogP contribution is 2.45. The molecule has 1 atom stereocenters. The number of hydrogen-bond donors (Lipinski definition) is 1. The average Bonchev–Trinajstić information content (AvgIpc) is 2.81. The standard InChI is InChI=1S/C26H27NO4/c1-29-24-13-19-10-11-27-15-21-18(8-9-23(28)26(21)30-2)12-22(27)20(19)14-25(24)31-16-17-6-4-3-5-7-17/h3-9,13-14,22,28H,10-12,15-16H2,1-2H3/t22-/m0/s1. The quantitative estimate of drug-likeness (QED) is 0.655. The number of ether oxygens (including phenoxy) is 3. The molecule has 3 aromatic carbocycles. The molecule has 0 bridgehead atoms. The highest BCUT2D eigenvalue weighted by Gasteiger charge is 2.34. The van der Waals surface area contributed by atoms with Crippen LogP contribution in [0.3, 0.4) is 0 Å². The summed E-state index contributed by atoms with van der Waals surface area (Å²) in [7, 11) is 3.32. The second kappa shape index (κ2) is 8.16. The van der Waals surface area contributed by atoms with E-state index in [1.807, 2.05) is 24.3 Å². The topological polar surface area (TPSA) is 51.2 Å². The van der Waals surface area contributed by atoms with Gasteiger partial charge >= 0.3 is 0 Å². The largest absolute Gasteiger partial charge is 0.504 e. The number of methoxy groups -OCH3 is 2. The van der Waals surface area contributed by atoms with Crippen molar-refractivity contribution in [3.05, 3.63) is 82.4 Å². The average molecular weight is 418 g/mol. The van der Waals surface area contributed by atoms with Crippen molar-refractivity contribution in [2.24, 2.45) is 0 Å². The molecule has 2 aliphatic rings. The first kappa shape index (κ1) is 19.8. The molecule has 3 aromatic rings. The number of rotatable bonds is 5. The summed E-state index contributed by atoms with van der Waals surface area (Å²) in [5.74, 6) is 2.37. The van der Waals surface area contributed by atoms with Crippen molar-refractivity contribution < 1.29 is 19.3 Å². The molecule has 0 amide bonds. The van der Waals surface area contributed by atoms with E-state index in [0.29, 0.717) is 12.4 Å². The molecule has 0 fully saturated rings. The zero-order valence-electron chi connectivity index (χ0n) is 17.9. The van der Waals surface area contributed by atoms with Gasteiger partial charge < -0.3 is 19.3 Å². The number of hydrogen-bond acceptors (Lipinski definition) is 5. The molecule has 1 N–H and O–H groups in total. The Balaban J connectivity index is 1.48. The number of aromatic hydroxyl groups is 1. The van der Waals surface area contributed by atoms with Gasteiger partial charge in [-0.3, -0.25) is 4.90 Å². The Morgan fingerprint density at radius 1 is 0.968 bits per heavy atom. The molecule has 0 radical (unpaired) electrons. The minimum Gasteiger partial charge on any atom is -0.504 e. The number of fused-ring (bicyclic) bond motifs is 4. The molecule has 2 heterocycles. The van der Waals surface area contributed by atoms with E-state index in [4.69, 9.17) is 14.2 Å². The first-order valence-corrected chi connectivity index (χ1v) is 10.7. The van der Waals surface area contributed by atoms with Crippen LogP contribution in [0.5, 0.6) is 23.0 Å². The van der Waals surface area contributed by atoms with Crippen molar-refractivity contribution >= 4 is 0 Å². The van der Waals surface area contributed by atoms with E-state index in [-0.39, 0.29) is 11.8 Å². The van der Waals surface area contributed by atoms with Crippen LogP contribution in [0.4, 0.5) is 0 Å². The molecule has 0 aromatic heterocycles. The first-order chi connectivity index (χ1) is 15.2. The molecule has 0 aliphatic carbocycles. The minimum absolute atomic E-state index is 0.207. The number of nitrogens with zero attached hydrogens (tertiary/aromatic N) is 1. The summed E-state index contributed by atoms with van der Waals surface area (Å²) >= 11 is 0. The molecule has 2 aliphatic heterocycles. The van der Waals surface area contributed by atoms with Crippen molar-refractivity contribution in [2.75, 3.05) is 20.8 Å². The molecule has 0 saturated heterocycles. The molecule has 0 unspecified atom stereocenters. The van der Waals surface area contributed by atoms with Crippen LogP contribution in [0.2, 0.25) is 0 Å². The Morgan fingerprint density at radius 3 is 2.58 bits per heavy atom. The maximum atomic E-state index is 10.2. The lowest BCUT2D eigenvalue weighted by Crippen LogP contribution is -2.39. The lowest BCUT2D eigenvalue weighted by molar-refractivity contribution is 0.157. The van der Waals surface area contributed by atoms with Crippen LogP contribution in [0.25, 0.3) is 0 Å². The van der Waals surface area contributed by atoms with Gasteiger partial charge in [0.1, 0.15) is 6.61 Å². The van der Waals surface area contributed by atoms with Crippen molar-refractivity contribution in [1.29, 1.82) is 0 Å². The van der Waals surface area contributed by atoms with E-state index in [1.54, 1.807) is 20.3 Å². The molecular formula is C26H27NO4. The number of benzene rings is 3. The number of phenols is 1. The van der Waals surface area contributed by atoms with Gasteiger partial charge in [-0.1, -0.05) is 36.4 Å². The van der Waals surface area contributed by atoms with Gasteiger partial charge in [0, 0.05) is 24.7 Å². The Kier molecular flexibility index (Phi) is 5.20. The van der Waals surface area contributed by atoms with Crippen LogP contribution in [-0.4, -0.2) is 30.8 Å². The maximum absolute atomic E-state index is 10.2. The van der Waals surface area contributed by atoms with E-state index >= 15 is 0 Å². The summed E-state index contributed by atoms with van der Waals surface area (Å²) in [6.45, 7) is 2.23. The molecule has 5 heteroatoms. The Bertz CT molecular complexity index is 1100. The van der Waals surface area contributed by atoms with Crippen molar-refractivity contribution in [3.63, 3.8) is 0 Å². The first-order valence-electron chi connectivity index (χ1n) is 10.7. The Morgan fingerprint density at radius 2 is 1.81 bits per heavy atom. The lowest BCUT2D eigenvalue weighted by atomic mass is 9.83. The Hall–Kier alpha value is -3.18. The third-order valence-corrected chi connectivity index (χ3v) is 6.45. The smallest absolute Gasteiger partial charge is 0.165 e. The van der Waals surface area contributed by atoms with Crippen LogP contribution >= 0.6 is 0 Å². The molecule has 0 spiro atoms. The third-order valence-electron chi connectivity index (χ3n) is 6.45. The number of phenolic OH excluding ortho intramolecular Hbond substituents is 1. The van der Waals surface area contributed by atoms with Crippen molar-refractivity contribution in [2.45, 2.75) is 32.0 Å². The monoisotopic (exact) mass is 417 g/mol. The van der Waals surface area contributed by atoms with Crippen LogP contribution in [0, 0.1) is 0 Å². The summed E-state index contributed by atoms with van der Waals surface area (Å²) in [6, 6.07) is 18.5. The fourth-order valence-electron chi connectivity index (χ4n) is 4.86. The zero-order valence-corrected chi connectivity index (χ0v) is 17.9. The fourth-order valence-corrected chi connectivity index (χ4v) is 4.86. The minimum atomic E-state index is 0.207. The van der Waals surface area contributed by atoms with Gasteiger partial charge in [-0.25, -0.2) is 0 Å². The van der Waals surface area contributed by atoms with E-state index in [0.717, 1.165) is 48.6 Å². The molecular weight excluding hydrogens is 390 g/mol. The van der Waals surface area contributed by atoms with Crippen LogP contribution in [-0.2, 0) is 26.0 Å². The summed E-state index contributed by atoms with van der Waals surface area (Å²) < 4.78 is 17.3. The van der Waals surface area contributed by atoms with Crippen molar-refractivity contribution in [3.8, 4) is 23.0 Å². The lowest BCUT2D eigenvalue weighted by Gasteiger charge is -2.42. The maximum Gasteiger partial charge on any atom is 0.165 e. The molecule has 160 valence electrons. The van der Waals surface area contributed by atoms with E-state index in [2.05, 4.69) is 29.2 Å². The van der Waals surface area contributed by atoms with Gasteiger partial charge in [0.25, 0.3) is 0 Å². The van der Waals surface area contributed by atoms with Crippen LogP contribution in [0.1, 0.15) is 33.9 Å². The van der Waals surface area contributed by atoms with Gasteiger partial charge in [-0.2, -0.15) is 0 Å². The normalized spacial score (nSPS) is 17.3. The van der Waals surface area contributed by atoms with E-state index in [9.17, 15) is 5.11 Å². The van der Waals surface area contributed by atoms with E-state index < -0.39 is 0 Å². The highest BCUT2D eigenvalue weighted by atomic mass is 16.5. The van der Waals surface area contributed by atoms with Gasteiger partial charge in [0.05, 0.1) is 14.2 Å². The predicted octanol–water partition coefficient (Wildman–Crippen LogP) is 4.64. The third kappa shape index (κ3) is 3.59. The fraction of sp³-hybridized carbons (Fsp3) is 0.308. The summed E-state index contributed by atoms with van der Waals surface area (Å²) in [5, 5.41) is 10.2. The molecule has 5 rings (SSSR count).